The van der Waals surface area contributed by atoms with E-state index in [1.807, 2.05) is 0 Å². The summed E-state index contributed by atoms with van der Waals surface area (Å²) in [5.41, 5.74) is 14.2. The van der Waals surface area contributed by atoms with Crippen molar-refractivity contribution in [3.05, 3.63) is 95.3 Å². The van der Waals surface area contributed by atoms with Crippen LogP contribution in [0.25, 0.3) is 17.0 Å². The first kappa shape index (κ1) is 23.6. The van der Waals surface area contributed by atoms with E-state index in [2.05, 4.69) is 20.1 Å². The molecular weight excluding hydrogens is 482 g/mol. The zero-order valence-corrected chi connectivity index (χ0v) is 19.2. The molecule has 0 saturated heterocycles. The summed E-state index contributed by atoms with van der Waals surface area (Å²) in [6.07, 6.45) is 0.323. The largest absolute Gasteiger partial charge is 0.465 e. The predicted octanol–water partition coefficient (Wildman–Crippen LogP) is 3.93. The molecule has 12 heteroatoms. The van der Waals surface area contributed by atoms with Crippen molar-refractivity contribution in [3.8, 4) is 5.95 Å². The summed E-state index contributed by atoms with van der Waals surface area (Å²) in [6, 6.07) is 15.5. The van der Waals surface area contributed by atoms with Gasteiger partial charge in [-0.25, -0.2) is 13.6 Å². The average Bonchev–Trinajstić information content (AvgIpc) is 3.24. The topological polar surface area (TPSA) is 149 Å². The van der Waals surface area contributed by atoms with Gasteiger partial charge in [-0.3, -0.25) is 9.88 Å². The maximum atomic E-state index is 14.3. The number of amides is 1. The van der Waals surface area contributed by atoms with Gasteiger partial charge in [-0.2, -0.15) is 19.7 Å². The molecule has 2 aromatic carbocycles. The van der Waals surface area contributed by atoms with E-state index in [-0.39, 0.29) is 47.6 Å². The lowest BCUT2D eigenvalue weighted by atomic mass is 10.1. The molecule has 0 saturated carbocycles. The SMILES string of the molecule is Nc1nc(-n2nc(Cc3ccccc3F)c3ncccc32)nc(N)c1N(Cc1ccccc1F)C(=O)O. The Labute approximate surface area is 208 Å². The van der Waals surface area contributed by atoms with Crippen molar-refractivity contribution >= 4 is 34.4 Å². The fourth-order valence-electron chi connectivity index (χ4n) is 3.99. The Morgan fingerprint density at radius 1 is 0.919 bits per heavy atom. The third-order valence-electron chi connectivity index (χ3n) is 5.73. The second kappa shape index (κ2) is 9.49. The lowest BCUT2D eigenvalue weighted by Crippen LogP contribution is -2.31. The Morgan fingerprint density at radius 2 is 1.54 bits per heavy atom. The number of aromatic nitrogens is 5. The van der Waals surface area contributed by atoms with Crippen LogP contribution in [0, 0.1) is 11.6 Å². The number of fused-ring (bicyclic) bond motifs is 1. The maximum Gasteiger partial charge on any atom is 0.412 e. The van der Waals surface area contributed by atoms with Gasteiger partial charge in [0.05, 0.1) is 17.8 Å². The summed E-state index contributed by atoms with van der Waals surface area (Å²) in [5, 5.41) is 14.3. The van der Waals surface area contributed by atoms with E-state index in [9.17, 15) is 18.7 Å². The van der Waals surface area contributed by atoms with Crippen molar-refractivity contribution in [1.82, 2.24) is 24.7 Å². The van der Waals surface area contributed by atoms with Crippen LogP contribution in [-0.2, 0) is 13.0 Å². The van der Waals surface area contributed by atoms with Crippen molar-refractivity contribution in [2.45, 2.75) is 13.0 Å². The van der Waals surface area contributed by atoms with Crippen LogP contribution in [0.1, 0.15) is 16.8 Å². The molecule has 186 valence electrons. The number of anilines is 3. The number of nitrogen functional groups attached to an aromatic ring is 2. The second-order valence-electron chi connectivity index (χ2n) is 8.10. The molecule has 0 aliphatic carbocycles. The van der Waals surface area contributed by atoms with Gasteiger partial charge < -0.3 is 16.6 Å². The highest BCUT2D eigenvalue weighted by Crippen LogP contribution is 2.31. The van der Waals surface area contributed by atoms with E-state index >= 15 is 0 Å². The molecule has 0 aliphatic rings. The van der Waals surface area contributed by atoms with Gasteiger partial charge in [0.25, 0.3) is 5.95 Å². The number of carboxylic acid groups (broad SMARTS) is 1. The van der Waals surface area contributed by atoms with Crippen LogP contribution in [0.2, 0.25) is 0 Å². The van der Waals surface area contributed by atoms with E-state index in [0.717, 1.165) is 4.90 Å². The van der Waals surface area contributed by atoms with Crippen molar-refractivity contribution < 1.29 is 18.7 Å². The molecule has 10 nitrogen and oxygen atoms in total. The minimum Gasteiger partial charge on any atom is -0.465 e. The molecule has 0 aliphatic heterocycles. The quantitative estimate of drug-likeness (QED) is 0.316. The van der Waals surface area contributed by atoms with Crippen LogP contribution in [0.15, 0.2) is 66.9 Å². The fraction of sp³-hybridized carbons (Fsp3) is 0.0800. The lowest BCUT2D eigenvalue weighted by molar-refractivity contribution is 0.201. The fourth-order valence-corrected chi connectivity index (χ4v) is 3.99. The summed E-state index contributed by atoms with van der Waals surface area (Å²) in [7, 11) is 0. The standard InChI is InChI=1S/C25H20F2N8O2/c26-16-8-3-1-6-14(16)12-18-20-19(10-5-11-30-20)35(33-18)24-31-22(28)21(23(29)32-24)34(25(36)37)13-15-7-2-4-9-17(15)27/h1-11H,12-13H2,(H,36,37)(H4,28,29,31,32). The monoisotopic (exact) mass is 502 g/mol. The van der Waals surface area contributed by atoms with E-state index in [1.165, 1.54) is 28.9 Å². The summed E-state index contributed by atoms with van der Waals surface area (Å²) in [6.45, 7) is -0.361. The third kappa shape index (κ3) is 4.47. The summed E-state index contributed by atoms with van der Waals surface area (Å²) in [4.78, 5) is 25.7. The van der Waals surface area contributed by atoms with E-state index in [1.54, 1.807) is 42.6 Å². The first-order valence-corrected chi connectivity index (χ1v) is 11.1. The van der Waals surface area contributed by atoms with Crippen LogP contribution < -0.4 is 16.4 Å². The molecule has 37 heavy (non-hydrogen) atoms. The van der Waals surface area contributed by atoms with E-state index in [4.69, 9.17) is 11.5 Å². The first-order chi connectivity index (χ1) is 17.8. The molecule has 0 unspecified atom stereocenters. The van der Waals surface area contributed by atoms with Crippen molar-refractivity contribution in [2.75, 3.05) is 16.4 Å². The number of nitrogens with two attached hydrogens (primary N) is 2. The third-order valence-corrected chi connectivity index (χ3v) is 5.73. The molecule has 0 fully saturated rings. The number of hydrogen-bond donors (Lipinski definition) is 3. The van der Waals surface area contributed by atoms with E-state index in [0.29, 0.717) is 22.3 Å². The minimum absolute atomic E-state index is 0.0345. The van der Waals surface area contributed by atoms with Crippen LogP contribution >= 0.6 is 0 Å². The Morgan fingerprint density at radius 3 is 2.16 bits per heavy atom. The molecule has 5 aromatic rings. The zero-order chi connectivity index (χ0) is 26.1. The summed E-state index contributed by atoms with van der Waals surface area (Å²) >= 11 is 0. The van der Waals surface area contributed by atoms with Gasteiger partial charge in [0.15, 0.2) is 11.6 Å². The minimum atomic E-state index is -1.42. The zero-order valence-electron chi connectivity index (χ0n) is 19.2. The van der Waals surface area contributed by atoms with Gasteiger partial charge in [0.1, 0.15) is 22.8 Å². The highest BCUT2D eigenvalue weighted by atomic mass is 19.1. The normalized spacial score (nSPS) is 11.1. The number of rotatable bonds is 6. The van der Waals surface area contributed by atoms with Crippen LogP contribution in [0.5, 0.6) is 0 Å². The van der Waals surface area contributed by atoms with Gasteiger partial charge in [0.2, 0.25) is 0 Å². The number of carbonyl (C=O) groups is 1. The molecule has 3 aromatic heterocycles. The van der Waals surface area contributed by atoms with Crippen molar-refractivity contribution in [2.24, 2.45) is 0 Å². The van der Waals surface area contributed by atoms with Gasteiger partial charge in [-0.15, -0.1) is 0 Å². The van der Waals surface area contributed by atoms with Crippen molar-refractivity contribution in [1.29, 1.82) is 0 Å². The number of halogens is 2. The maximum absolute atomic E-state index is 14.3. The average molecular weight is 502 g/mol. The lowest BCUT2D eigenvalue weighted by Gasteiger charge is -2.22. The van der Waals surface area contributed by atoms with Crippen molar-refractivity contribution in [3.63, 3.8) is 0 Å². The van der Waals surface area contributed by atoms with Crippen LogP contribution in [0.3, 0.4) is 0 Å². The molecule has 3 heterocycles. The van der Waals surface area contributed by atoms with Gasteiger partial charge >= 0.3 is 6.09 Å². The Hall–Kier alpha value is -5.13. The summed E-state index contributed by atoms with van der Waals surface area (Å²) in [5.74, 6) is -1.48. The molecular formula is C25H20F2N8O2. The molecule has 0 radical (unpaired) electrons. The highest BCUT2D eigenvalue weighted by molar-refractivity contribution is 5.94. The van der Waals surface area contributed by atoms with Gasteiger partial charge in [0, 0.05) is 18.2 Å². The predicted molar refractivity (Wildman–Crippen MR) is 133 cm³/mol. The van der Waals surface area contributed by atoms with Crippen LogP contribution in [-0.4, -0.2) is 35.9 Å². The number of pyridine rings is 1. The highest BCUT2D eigenvalue weighted by Gasteiger charge is 2.25. The number of benzene rings is 2. The molecule has 0 spiro atoms. The molecule has 5 rings (SSSR count). The second-order valence-corrected chi connectivity index (χ2v) is 8.10. The first-order valence-electron chi connectivity index (χ1n) is 11.1. The Balaban J connectivity index is 1.57. The van der Waals surface area contributed by atoms with E-state index < -0.39 is 11.9 Å². The number of hydrogen-bond acceptors (Lipinski definition) is 7. The number of nitrogens with zero attached hydrogens (tertiary/aromatic N) is 6. The van der Waals surface area contributed by atoms with Gasteiger partial charge in [-0.05, 0) is 29.8 Å². The van der Waals surface area contributed by atoms with Gasteiger partial charge in [-0.1, -0.05) is 36.4 Å². The molecule has 5 N–H and O–H groups in total. The smallest absolute Gasteiger partial charge is 0.412 e. The Bertz CT molecular complexity index is 1620. The Kier molecular flexibility index (Phi) is 6.05. The molecule has 0 atom stereocenters. The molecule has 1 amide bonds. The molecule has 0 bridgehead atoms. The van der Waals surface area contributed by atoms with Crippen LogP contribution in [0.4, 0.5) is 30.9 Å². The summed E-state index contributed by atoms with van der Waals surface area (Å²) < 4.78 is 29.8.